The molecule has 3 atom stereocenters. The molecule has 0 aliphatic carbocycles. The summed E-state index contributed by atoms with van der Waals surface area (Å²) in [4.78, 5) is 35.1. The predicted molar refractivity (Wildman–Crippen MR) is 109 cm³/mol. The zero-order valence-electron chi connectivity index (χ0n) is 16.4. The number of amides is 2. The molecule has 1 aromatic carbocycles. The summed E-state index contributed by atoms with van der Waals surface area (Å²) in [6.45, 7) is 8.32. The van der Waals surface area contributed by atoms with Crippen molar-refractivity contribution in [1.82, 2.24) is 20.2 Å². The number of imidazole rings is 1. The van der Waals surface area contributed by atoms with Crippen LogP contribution in [0.1, 0.15) is 31.5 Å². The first-order valence-corrected chi connectivity index (χ1v) is 9.72. The van der Waals surface area contributed by atoms with E-state index < -0.39 is 11.5 Å². The van der Waals surface area contributed by atoms with E-state index >= 15 is 0 Å². The van der Waals surface area contributed by atoms with Gasteiger partial charge in [-0.15, -0.1) is 6.58 Å². The number of aromatic amines is 1. The Balaban J connectivity index is 1.65. The molecule has 0 radical (unpaired) electrons. The quantitative estimate of drug-likeness (QED) is 0.555. The monoisotopic (exact) mass is 389 g/mol. The molecule has 3 N–H and O–H groups in total. The molecule has 148 valence electrons. The molecule has 3 aliphatic rings. The van der Waals surface area contributed by atoms with Crippen LogP contribution in [0.3, 0.4) is 0 Å². The Labute approximate surface area is 168 Å². The summed E-state index contributed by atoms with van der Waals surface area (Å²) >= 11 is 0. The highest BCUT2D eigenvalue weighted by Gasteiger charge is 2.66. The van der Waals surface area contributed by atoms with Crippen molar-refractivity contribution in [3.63, 3.8) is 0 Å². The van der Waals surface area contributed by atoms with Crippen LogP contribution in [0.2, 0.25) is 0 Å². The third-order valence-electron chi connectivity index (χ3n) is 6.80. The van der Waals surface area contributed by atoms with Gasteiger partial charge in [0.1, 0.15) is 17.9 Å². The van der Waals surface area contributed by atoms with E-state index in [4.69, 9.17) is 0 Å². The third kappa shape index (κ3) is 2.21. The molecule has 1 unspecified atom stereocenters. The number of fused-ring (bicyclic) bond motifs is 5. The number of carbonyl (C=O) groups excluding carboxylic acids is 2. The van der Waals surface area contributed by atoms with E-state index in [0.717, 1.165) is 11.3 Å². The number of benzene rings is 1. The maximum absolute atomic E-state index is 13.5. The van der Waals surface area contributed by atoms with Crippen LogP contribution in [0.15, 0.2) is 55.1 Å². The minimum absolute atomic E-state index is 0.164. The molecular formula is C22H23N5O2. The Kier molecular flexibility index (Phi) is 3.56. The van der Waals surface area contributed by atoms with Crippen LogP contribution >= 0.6 is 0 Å². The minimum Gasteiger partial charge on any atom is -0.364 e. The van der Waals surface area contributed by atoms with Crippen molar-refractivity contribution in [2.75, 3.05) is 5.32 Å². The average Bonchev–Trinajstić information content (AvgIpc) is 3.40. The Hall–Kier alpha value is -3.35. The maximum atomic E-state index is 13.5. The number of H-pyrrole nitrogens is 1. The number of aromatic nitrogens is 2. The smallest absolute Gasteiger partial charge is 0.272 e. The van der Waals surface area contributed by atoms with Crippen LogP contribution in [0.4, 0.5) is 5.69 Å². The largest absolute Gasteiger partial charge is 0.364 e. The molecule has 2 fully saturated rings. The van der Waals surface area contributed by atoms with E-state index in [1.807, 2.05) is 24.3 Å². The van der Waals surface area contributed by atoms with Crippen LogP contribution < -0.4 is 10.6 Å². The Morgan fingerprint density at radius 2 is 2.10 bits per heavy atom. The van der Waals surface area contributed by atoms with Crippen molar-refractivity contribution < 1.29 is 9.59 Å². The van der Waals surface area contributed by atoms with Gasteiger partial charge in [-0.25, -0.2) is 4.98 Å². The highest BCUT2D eigenvalue weighted by Crippen LogP contribution is 2.60. The summed E-state index contributed by atoms with van der Waals surface area (Å²) in [7, 11) is 0. The van der Waals surface area contributed by atoms with Gasteiger partial charge in [0.2, 0.25) is 5.91 Å². The lowest BCUT2D eigenvalue weighted by Crippen LogP contribution is -2.59. The number of anilines is 1. The third-order valence-corrected chi connectivity index (χ3v) is 6.80. The predicted octanol–water partition coefficient (Wildman–Crippen LogP) is 2.38. The van der Waals surface area contributed by atoms with Crippen molar-refractivity contribution in [3.05, 3.63) is 66.4 Å². The van der Waals surface area contributed by atoms with Crippen molar-refractivity contribution in [2.24, 2.45) is 5.41 Å². The van der Waals surface area contributed by atoms with Gasteiger partial charge in [0, 0.05) is 11.1 Å². The standard InChI is InChI=1S/C22H23N5O2/c1-4-21(2,3)22-10-17-18(28)25-16(9-13-11-23-12-24-13)19(29)27(17)20(22)26-15-8-6-5-7-14(15)22/h4-9,11-12,17,20,26H,1,10H2,2-3H3,(H,23,24)(H,25,28)/b16-9-/t17?,20-,22+/m0/s1. The molecule has 4 heterocycles. The first-order valence-electron chi connectivity index (χ1n) is 9.72. The molecule has 7 nitrogen and oxygen atoms in total. The maximum Gasteiger partial charge on any atom is 0.272 e. The molecule has 2 saturated heterocycles. The van der Waals surface area contributed by atoms with Gasteiger partial charge in [0.05, 0.1) is 18.2 Å². The molecule has 7 heteroatoms. The van der Waals surface area contributed by atoms with Gasteiger partial charge in [-0.3, -0.25) is 9.59 Å². The SMILES string of the molecule is C=CC(C)(C)[C@@]12CC3C(=O)N/C(=C\c4cnc[nH]4)C(=O)N3[C@@H]1Nc1ccccc12. The van der Waals surface area contributed by atoms with Crippen molar-refractivity contribution in [2.45, 2.75) is 37.9 Å². The van der Waals surface area contributed by atoms with Crippen molar-refractivity contribution in [3.8, 4) is 0 Å². The first kappa shape index (κ1) is 17.7. The number of hydrogen-bond acceptors (Lipinski definition) is 4. The van der Waals surface area contributed by atoms with Crippen LogP contribution in [-0.2, 0) is 15.0 Å². The molecule has 0 spiro atoms. The van der Waals surface area contributed by atoms with Crippen molar-refractivity contribution in [1.29, 1.82) is 0 Å². The minimum atomic E-state index is -0.536. The Bertz CT molecular complexity index is 1050. The van der Waals surface area contributed by atoms with E-state index in [1.54, 1.807) is 17.2 Å². The second-order valence-corrected chi connectivity index (χ2v) is 8.48. The fraction of sp³-hybridized carbons (Fsp3) is 0.318. The van der Waals surface area contributed by atoms with Gasteiger partial charge in [0.25, 0.3) is 5.91 Å². The molecule has 1 aromatic heterocycles. The second kappa shape index (κ2) is 5.83. The normalized spacial score (nSPS) is 29.2. The van der Waals surface area contributed by atoms with Gasteiger partial charge >= 0.3 is 0 Å². The number of nitrogens with one attached hydrogen (secondary N) is 3. The summed E-state index contributed by atoms with van der Waals surface area (Å²) in [6.07, 6.45) is 6.91. The van der Waals surface area contributed by atoms with Gasteiger partial charge in [-0.05, 0) is 29.5 Å². The number of nitrogens with zero attached hydrogens (tertiary/aromatic N) is 2. The van der Waals surface area contributed by atoms with Crippen LogP contribution in [0.25, 0.3) is 6.08 Å². The summed E-state index contributed by atoms with van der Waals surface area (Å²) in [5.41, 5.74) is 2.24. The average molecular weight is 389 g/mol. The summed E-state index contributed by atoms with van der Waals surface area (Å²) < 4.78 is 0. The number of rotatable bonds is 3. The molecule has 2 aromatic rings. The number of para-hydroxylation sites is 1. The molecule has 0 saturated carbocycles. The van der Waals surface area contributed by atoms with Gasteiger partial charge in [0.15, 0.2) is 0 Å². The molecule has 0 bridgehead atoms. The zero-order chi connectivity index (χ0) is 20.4. The number of allylic oxidation sites excluding steroid dienone is 1. The first-order chi connectivity index (χ1) is 13.9. The molecule has 2 amide bonds. The fourth-order valence-corrected chi connectivity index (χ4v) is 5.16. The zero-order valence-corrected chi connectivity index (χ0v) is 16.4. The molecule has 3 aliphatic heterocycles. The van der Waals surface area contributed by atoms with E-state index in [2.05, 4.69) is 47.1 Å². The van der Waals surface area contributed by atoms with Gasteiger partial charge < -0.3 is 20.5 Å². The molecule has 29 heavy (non-hydrogen) atoms. The fourth-order valence-electron chi connectivity index (χ4n) is 5.16. The van der Waals surface area contributed by atoms with Gasteiger partial charge in [-0.1, -0.05) is 38.1 Å². The highest BCUT2D eigenvalue weighted by molar-refractivity contribution is 6.08. The number of carbonyl (C=O) groups is 2. The number of piperazine rings is 1. The van der Waals surface area contributed by atoms with Crippen molar-refractivity contribution >= 4 is 23.6 Å². The summed E-state index contributed by atoms with van der Waals surface area (Å²) in [6, 6.07) is 7.57. The van der Waals surface area contributed by atoms with E-state index in [1.165, 1.54) is 6.33 Å². The summed E-state index contributed by atoms with van der Waals surface area (Å²) in [5.74, 6) is -0.362. The lowest BCUT2D eigenvalue weighted by molar-refractivity contribution is -0.141. The van der Waals surface area contributed by atoms with Gasteiger partial charge in [-0.2, -0.15) is 0 Å². The summed E-state index contributed by atoms with van der Waals surface area (Å²) in [5, 5.41) is 6.34. The van der Waals surface area contributed by atoms with Crippen LogP contribution in [0.5, 0.6) is 0 Å². The molecule has 5 rings (SSSR count). The van der Waals surface area contributed by atoms with E-state index in [-0.39, 0.29) is 29.1 Å². The molecular weight excluding hydrogens is 366 g/mol. The Morgan fingerprint density at radius 3 is 2.83 bits per heavy atom. The lowest BCUT2D eigenvalue weighted by atomic mass is 9.60. The topological polar surface area (TPSA) is 90.1 Å². The van der Waals surface area contributed by atoms with Crippen LogP contribution in [-0.4, -0.2) is 38.9 Å². The highest BCUT2D eigenvalue weighted by atomic mass is 16.2. The number of hydrogen-bond donors (Lipinski definition) is 3. The van der Waals surface area contributed by atoms with E-state index in [0.29, 0.717) is 12.1 Å². The lowest BCUT2D eigenvalue weighted by Gasteiger charge is -2.43. The van der Waals surface area contributed by atoms with Crippen LogP contribution in [0, 0.1) is 5.41 Å². The van der Waals surface area contributed by atoms with E-state index in [9.17, 15) is 9.59 Å². The second-order valence-electron chi connectivity index (χ2n) is 8.48. The Morgan fingerprint density at radius 1 is 1.31 bits per heavy atom.